The molecule has 1 aromatic carbocycles. The van der Waals surface area contributed by atoms with Crippen molar-refractivity contribution in [3.05, 3.63) is 40.2 Å². The Balaban J connectivity index is 1.67. The number of nitro groups is 1. The Morgan fingerprint density at radius 2 is 1.87 bits per heavy atom. The molecule has 1 aliphatic heterocycles. The number of nitro benzene ring substituents is 1. The number of rotatable bonds is 4. The Morgan fingerprint density at radius 3 is 2.52 bits per heavy atom. The third-order valence-electron chi connectivity index (χ3n) is 3.97. The lowest BCUT2D eigenvalue weighted by molar-refractivity contribution is -0.384. The number of aryl methyl sites for hydroxylation is 1. The standard InChI is InChI=1S/C15H19N5O2S/c1-2-14-16-15(23-17-14)19-9-3-8-18(10-11-19)12-4-6-13(7-5-12)20(21)22/h4-7H,2-3,8-11H2,1H3. The van der Waals surface area contributed by atoms with Gasteiger partial charge < -0.3 is 9.80 Å². The molecule has 1 aromatic heterocycles. The molecule has 2 aromatic rings. The van der Waals surface area contributed by atoms with Gasteiger partial charge in [0.15, 0.2) is 0 Å². The summed E-state index contributed by atoms with van der Waals surface area (Å²) in [6.45, 7) is 5.72. The van der Waals surface area contributed by atoms with Crippen LogP contribution in [0.1, 0.15) is 19.2 Å². The number of non-ortho nitro benzene ring substituents is 1. The Labute approximate surface area is 138 Å². The number of nitrogens with zero attached hydrogens (tertiary/aromatic N) is 5. The molecule has 0 bridgehead atoms. The van der Waals surface area contributed by atoms with Crippen molar-refractivity contribution in [2.45, 2.75) is 19.8 Å². The van der Waals surface area contributed by atoms with Gasteiger partial charge in [0, 0.05) is 62.0 Å². The molecule has 0 unspecified atom stereocenters. The summed E-state index contributed by atoms with van der Waals surface area (Å²) in [5.74, 6) is 0.904. The van der Waals surface area contributed by atoms with Crippen molar-refractivity contribution in [1.82, 2.24) is 9.36 Å². The van der Waals surface area contributed by atoms with Crippen molar-refractivity contribution in [2.24, 2.45) is 0 Å². The van der Waals surface area contributed by atoms with Crippen LogP contribution in [0.15, 0.2) is 24.3 Å². The summed E-state index contributed by atoms with van der Waals surface area (Å²) in [5, 5.41) is 11.7. The van der Waals surface area contributed by atoms with Gasteiger partial charge in [0.2, 0.25) is 5.13 Å². The van der Waals surface area contributed by atoms with E-state index in [1.54, 1.807) is 12.1 Å². The van der Waals surface area contributed by atoms with Gasteiger partial charge in [0.1, 0.15) is 5.82 Å². The quantitative estimate of drug-likeness (QED) is 0.632. The van der Waals surface area contributed by atoms with E-state index in [1.807, 2.05) is 12.1 Å². The second-order valence-electron chi connectivity index (χ2n) is 5.45. The first-order chi connectivity index (χ1) is 11.2. The van der Waals surface area contributed by atoms with Crippen LogP contribution >= 0.6 is 11.5 Å². The molecule has 0 atom stereocenters. The largest absolute Gasteiger partial charge is 0.370 e. The highest BCUT2D eigenvalue weighted by Gasteiger charge is 2.18. The molecule has 2 heterocycles. The molecule has 0 saturated carbocycles. The second-order valence-corrected chi connectivity index (χ2v) is 6.18. The Bertz CT molecular complexity index is 673. The highest BCUT2D eigenvalue weighted by Crippen LogP contribution is 2.23. The molecule has 1 saturated heterocycles. The molecule has 7 nitrogen and oxygen atoms in total. The number of anilines is 2. The van der Waals surface area contributed by atoms with Crippen LogP contribution in [0.25, 0.3) is 0 Å². The van der Waals surface area contributed by atoms with E-state index >= 15 is 0 Å². The number of aromatic nitrogens is 2. The van der Waals surface area contributed by atoms with Crippen LogP contribution < -0.4 is 9.80 Å². The normalized spacial score (nSPS) is 15.5. The minimum absolute atomic E-state index is 0.131. The molecular formula is C15H19N5O2S. The zero-order valence-corrected chi connectivity index (χ0v) is 13.8. The molecule has 23 heavy (non-hydrogen) atoms. The summed E-state index contributed by atoms with van der Waals surface area (Å²) in [6.07, 6.45) is 1.89. The van der Waals surface area contributed by atoms with Crippen LogP contribution in [0.5, 0.6) is 0 Å². The Morgan fingerprint density at radius 1 is 1.17 bits per heavy atom. The predicted octanol–water partition coefficient (Wildman–Crippen LogP) is 2.73. The van der Waals surface area contributed by atoms with Crippen molar-refractivity contribution >= 4 is 28.0 Å². The fourth-order valence-electron chi connectivity index (χ4n) is 2.67. The lowest BCUT2D eigenvalue weighted by Gasteiger charge is -2.23. The predicted molar refractivity (Wildman–Crippen MR) is 91.4 cm³/mol. The summed E-state index contributed by atoms with van der Waals surface area (Å²) in [6, 6.07) is 6.79. The number of benzene rings is 1. The molecule has 0 aliphatic carbocycles. The van der Waals surface area contributed by atoms with E-state index < -0.39 is 0 Å². The van der Waals surface area contributed by atoms with Crippen molar-refractivity contribution < 1.29 is 4.92 Å². The van der Waals surface area contributed by atoms with Crippen molar-refractivity contribution in [3.63, 3.8) is 0 Å². The lowest BCUT2D eigenvalue weighted by Crippen LogP contribution is -2.30. The summed E-state index contributed by atoms with van der Waals surface area (Å²) in [7, 11) is 0. The van der Waals surface area contributed by atoms with Gasteiger partial charge in [-0.2, -0.15) is 4.37 Å². The zero-order chi connectivity index (χ0) is 16.2. The third-order valence-corrected chi connectivity index (χ3v) is 4.78. The van der Waals surface area contributed by atoms with E-state index in [0.29, 0.717) is 0 Å². The van der Waals surface area contributed by atoms with Gasteiger partial charge in [-0.05, 0) is 18.6 Å². The van der Waals surface area contributed by atoms with E-state index in [-0.39, 0.29) is 10.6 Å². The van der Waals surface area contributed by atoms with E-state index in [1.165, 1.54) is 11.5 Å². The molecule has 1 fully saturated rings. The van der Waals surface area contributed by atoms with Crippen LogP contribution in [0.2, 0.25) is 0 Å². The molecule has 0 spiro atoms. The summed E-state index contributed by atoms with van der Waals surface area (Å²) < 4.78 is 4.36. The third kappa shape index (κ3) is 3.58. The second kappa shape index (κ2) is 6.91. The fourth-order valence-corrected chi connectivity index (χ4v) is 3.47. The Kier molecular flexibility index (Phi) is 4.71. The SMILES string of the molecule is CCc1nsc(N2CCCN(c3ccc([N+](=O)[O-])cc3)CC2)n1. The molecular weight excluding hydrogens is 314 g/mol. The van der Waals surface area contributed by atoms with Crippen molar-refractivity contribution in [2.75, 3.05) is 36.0 Å². The maximum atomic E-state index is 10.7. The minimum Gasteiger partial charge on any atom is -0.370 e. The van der Waals surface area contributed by atoms with E-state index in [9.17, 15) is 10.1 Å². The van der Waals surface area contributed by atoms with Gasteiger partial charge in [-0.25, -0.2) is 4.98 Å². The number of hydrogen-bond donors (Lipinski definition) is 0. The maximum absolute atomic E-state index is 10.7. The van der Waals surface area contributed by atoms with Crippen LogP contribution in [0, 0.1) is 10.1 Å². The van der Waals surface area contributed by atoms with Gasteiger partial charge in [-0.1, -0.05) is 6.92 Å². The van der Waals surface area contributed by atoms with Gasteiger partial charge >= 0.3 is 0 Å². The summed E-state index contributed by atoms with van der Waals surface area (Å²) in [5.41, 5.74) is 1.16. The monoisotopic (exact) mass is 333 g/mol. The van der Waals surface area contributed by atoms with Crippen LogP contribution in [0.4, 0.5) is 16.5 Å². The van der Waals surface area contributed by atoms with Crippen molar-refractivity contribution in [1.29, 1.82) is 0 Å². The summed E-state index contributed by atoms with van der Waals surface area (Å²) in [4.78, 5) is 19.5. The summed E-state index contributed by atoms with van der Waals surface area (Å²) >= 11 is 1.46. The van der Waals surface area contributed by atoms with Crippen LogP contribution in [0.3, 0.4) is 0 Å². The van der Waals surface area contributed by atoms with E-state index in [2.05, 4.69) is 26.1 Å². The van der Waals surface area contributed by atoms with E-state index in [0.717, 1.165) is 55.7 Å². The molecule has 0 N–H and O–H groups in total. The first-order valence-corrected chi connectivity index (χ1v) is 8.51. The zero-order valence-electron chi connectivity index (χ0n) is 13.0. The molecule has 122 valence electrons. The van der Waals surface area contributed by atoms with Gasteiger partial charge in [-0.3, -0.25) is 10.1 Å². The highest BCUT2D eigenvalue weighted by molar-refractivity contribution is 7.09. The van der Waals surface area contributed by atoms with Crippen molar-refractivity contribution in [3.8, 4) is 0 Å². The average Bonchev–Trinajstić information content (AvgIpc) is 2.92. The topological polar surface area (TPSA) is 75.4 Å². The minimum atomic E-state index is -0.366. The molecule has 0 radical (unpaired) electrons. The van der Waals surface area contributed by atoms with E-state index in [4.69, 9.17) is 0 Å². The smallest absolute Gasteiger partial charge is 0.269 e. The lowest BCUT2D eigenvalue weighted by atomic mass is 10.2. The van der Waals surface area contributed by atoms with Gasteiger partial charge in [0.05, 0.1) is 4.92 Å². The van der Waals surface area contributed by atoms with Gasteiger partial charge in [0.25, 0.3) is 5.69 Å². The first kappa shape index (κ1) is 15.7. The highest BCUT2D eigenvalue weighted by atomic mass is 32.1. The molecule has 0 amide bonds. The van der Waals surface area contributed by atoms with Crippen LogP contribution in [-0.4, -0.2) is 40.5 Å². The maximum Gasteiger partial charge on any atom is 0.269 e. The van der Waals surface area contributed by atoms with Crippen LogP contribution in [-0.2, 0) is 6.42 Å². The molecule has 1 aliphatic rings. The van der Waals surface area contributed by atoms with Gasteiger partial charge in [-0.15, -0.1) is 0 Å². The number of hydrogen-bond acceptors (Lipinski definition) is 7. The fraction of sp³-hybridized carbons (Fsp3) is 0.467. The molecule has 3 rings (SSSR count). The average molecular weight is 333 g/mol. The first-order valence-electron chi connectivity index (χ1n) is 7.74. The Hall–Kier alpha value is -2.22. The molecule has 8 heteroatoms.